The van der Waals surface area contributed by atoms with Gasteiger partial charge in [-0.15, -0.1) is 0 Å². The Morgan fingerprint density at radius 3 is 2.37 bits per heavy atom. The lowest BCUT2D eigenvalue weighted by Gasteiger charge is -2.12. The maximum Gasteiger partial charge on any atom is 0.258 e. The molecule has 0 radical (unpaired) electrons. The highest BCUT2D eigenvalue weighted by Crippen LogP contribution is 2.28. The number of carbonyl (C=O) groups excluding carboxylic acids is 1. The van der Waals surface area contributed by atoms with Crippen LogP contribution in [0.5, 0.6) is 5.75 Å². The second-order valence-electron chi connectivity index (χ2n) is 5.99. The number of aromatic nitrogens is 2. The zero-order valence-electron chi connectivity index (χ0n) is 15.2. The SMILES string of the molecule is COc1ccc(Cl)cc1NC(=O)c1cnc(Nc2c(C)cccc2C)nc1. The van der Waals surface area contributed by atoms with Crippen LogP contribution in [0.2, 0.25) is 5.02 Å². The number of aryl methyl sites for hydroxylation is 2. The number of nitrogens with one attached hydrogen (secondary N) is 2. The molecule has 0 atom stereocenters. The van der Waals surface area contributed by atoms with Crippen LogP contribution in [-0.2, 0) is 0 Å². The molecule has 6 nitrogen and oxygen atoms in total. The number of para-hydroxylation sites is 1. The monoisotopic (exact) mass is 382 g/mol. The first-order valence-electron chi connectivity index (χ1n) is 8.28. The summed E-state index contributed by atoms with van der Waals surface area (Å²) in [5.41, 5.74) is 3.94. The van der Waals surface area contributed by atoms with Gasteiger partial charge in [-0.25, -0.2) is 9.97 Å². The molecule has 0 saturated heterocycles. The van der Waals surface area contributed by atoms with Crippen molar-refractivity contribution in [3.63, 3.8) is 0 Å². The Kier molecular flexibility index (Phi) is 5.57. The van der Waals surface area contributed by atoms with Crippen LogP contribution in [0.4, 0.5) is 17.3 Å². The Hall–Kier alpha value is -3.12. The molecule has 27 heavy (non-hydrogen) atoms. The van der Waals surface area contributed by atoms with Crippen molar-refractivity contribution in [3.8, 4) is 5.75 Å². The van der Waals surface area contributed by atoms with Gasteiger partial charge in [0.2, 0.25) is 5.95 Å². The van der Waals surface area contributed by atoms with Crippen molar-refractivity contribution in [2.45, 2.75) is 13.8 Å². The van der Waals surface area contributed by atoms with Crippen molar-refractivity contribution in [1.82, 2.24) is 9.97 Å². The summed E-state index contributed by atoms with van der Waals surface area (Å²) in [5.74, 6) is 0.584. The van der Waals surface area contributed by atoms with E-state index >= 15 is 0 Å². The molecule has 1 aromatic heterocycles. The van der Waals surface area contributed by atoms with E-state index in [1.54, 1.807) is 18.2 Å². The van der Waals surface area contributed by atoms with Gasteiger partial charge in [0.15, 0.2) is 0 Å². The van der Waals surface area contributed by atoms with Crippen molar-refractivity contribution < 1.29 is 9.53 Å². The van der Waals surface area contributed by atoms with Crippen LogP contribution in [0.15, 0.2) is 48.8 Å². The fraction of sp³-hybridized carbons (Fsp3) is 0.150. The first-order valence-corrected chi connectivity index (χ1v) is 8.66. The van der Waals surface area contributed by atoms with Crippen molar-refractivity contribution in [2.75, 3.05) is 17.7 Å². The van der Waals surface area contributed by atoms with Crippen molar-refractivity contribution in [1.29, 1.82) is 0 Å². The van der Waals surface area contributed by atoms with Crippen LogP contribution >= 0.6 is 11.6 Å². The van der Waals surface area contributed by atoms with Gasteiger partial charge in [0.25, 0.3) is 5.91 Å². The molecule has 7 heteroatoms. The van der Waals surface area contributed by atoms with Gasteiger partial charge < -0.3 is 15.4 Å². The highest BCUT2D eigenvalue weighted by atomic mass is 35.5. The maximum atomic E-state index is 12.5. The van der Waals surface area contributed by atoms with E-state index in [0.29, 0.717) is 28.0 Å². The fourth-order valence-corrected chi connectivity index (χ4v) is 2.78. The van der Waals surface area contributed by atoms with Gasteiger partial charge in [0.05, 0.1) is 18.4 Å². The quantitative estimate of drug-likeness (QED) is 0.665. The minimum atomic E-state index is -0.353. The highest BCUT2D eigenvalue weighted by Gasteiger charge is 2.12. The van der Waals surface area contributed by atoms with Crippen LogP contribution in [0.3, 0.4) is 0 Å². The lowest BCUT2D eigenvalue weighted by Crippen LogP contribution is -2.14. The zero-order chi connectivity index (χ0) is 19.4. The minimum Gasteiger partial charge on any atom is -0.495 e. The third-order valence-electron chi connectivity index (χ3n) is 4.04. The number of rotatable bonds is 5. The van der Waals surface area contributed by atoms with E-state index in [1.165, 1.54) is 19.5 Å². The molecule has 1 amide bonds. The van der Waals surface area contributed by atoms with E-state index in [-0.39, 0.29) is 5.91 Å². The van der Waals surface area contributed by atoms with E-state index in [1.807, 2.05) is 32.0 Å². The average molecular weight is 383 g/mol. The van der Waals surface area contributed by atoms with Gasteiger partial charge in [-0.2, -0.15) is 0 Å². The molecule has 0 aliphatic heterocycles. The minimum absolute atomic E-state index is 0.323. The summed E-state index contributed by atoms with van der Waals surface area (Å²) in [5, 5.41) is 6.44. The molecule has 2 N–H and O–H groups in total. The number of benzene rings is 2. The largest absolute Gasteiger partial charge is 0.495 e. The summed E-state index contributed by atoms with van der Waals surface area (Å²) < 4.78 is 5.23. The van der Waals surface area contributed by atoms with Gasteiger partial charge in [-0.3, -0.25) is 4.79 Å². The Morgan fingerprint density at radius 1 is 1.07 bits per heavy atom. The number of nitrogens with zero attached hydrogens (tertiary/aromatic N) is 2. The lowest BCUT2D eigenvalue weighted by atomic mass is 10.1. The second-order valence-corrected chi connectivity index (χ2v) is 6.42. The highest BCUT2D eigenvalue weighted by molar-refractivity contribution is 6.31. The number of amides is 1. The van der Waals surface area contributed by atoms with Crippen LogP contribution in [-0.4, -0.2) is 23.0 Å². The van der Waals surface area contributed by atoms with Gasteiger partial charge >= 0.3 is 0 Å². The number of hydrogen-bond acceptors (Lipinski definition) is 5. The predicted octanol–water partition coefficient (Wildman–Crippen LogP) is 4.75. The summed E-state index contributed by atoms with van der Waals surface area (Å²) in [7, 11) is 1.52. The number of carbonyl (C=O) groups is 1. The van der Waals surface area contributed by atoms with Crippen LogP contribution < -0.4 is 15.4 Å². The molecule has 0 aliphatic rings. The smallest absolute Gasteiger partial charge is 0.258 e. The number of ether oxygens (including phenoxy) is 1. The van der Waals surface area contributed by atoms with E-state index in [9.17, 15) is 4.79 Å². The summed E-state index contributed by atoms with van der Waals surface area (Å²) in [6.07, 6.45) is 2.94. The number of halogens is 1. The van der Waals surface area contributed by atoms with E-state index < -0.39 is 0 Å². The Labute approximate surface area is 162 Å². The summed E-state index contributed by atoms with van der Waals surface area (Å²) in [6.45, 7) is 4.02. The fourth-order valence-electron chi connectivity index (χ4n) is 2.61. The van der Waals surface area contributed by atoms with Gasteiger partial charge in [0.1, 0.15) is 5.75 Å². The molecule has 138 valence electrons. The van der Waals surface area contributed by atoms with Crippen molar-refractivity contribution >= 4 is 34.8 Å². The van der Waals surface area contributed by atoms with Gasteiger partial charge in [-0.1, -0.05) is 29.8 Å². The Bertz CT molecular complexity index is 954. The normalized spacial score (nSPS) is 10.4. The topological polar surface area (TPSA) is 76.1 Å². The first kappa shape index (κ1) is 18.7. The molecule has 3 rings (SSSR count). The molecule has 0 spiro atoms. The summed E-state index contributed by atoms with van der Waals surface area (Å²) in [6, 6.07) is 11.0. The Morgan fingerprint density at radius 2 is 1.74 bits per heavy atom. The van der Waals surface area contributed by atoms with Gasteiger partial charge in [0, 0.05) is 23.1 Å². The number of hydrogen-bond donors (Lipinski definition) is 2. The molecular formula is C20H19ClN4O2. The zero-order valence-corrected chi connectivity index (χ0v) is 16.0. The molecule has 0 fully saturated rings. The van der Waals surface area contributed by atoms with Crippen LogP contribution in [0, 0.1) is 13.8 Å². The summed E-state index contributed by atoms with van der Waals surface area (Å²) in [4.78, 5) is 20.9. The van der Waals surface area contributed by atoms with E-state index in [0.717, 1.165) is 16.8 Å². The Balaban J connectivity index is 1.75. The molecular weight excluding hydrogens is 364 g/mol. The van der Waals surface area contributed by atoms with Crippen molar-refractivity contribution in [3.05, 3.63) is 70.5 Å². The maximum absolute atomic E-state index is 12.5. The third kappa shape index (κ3) is 4.35. The molecule has 3 aromatic rings. The molecule has 2 aromatic carbocycles. The molecule has 0 bridgehead atoms. The predicted molar refractivity (Wildman–Crippen MR) is 107 cm³/mol. The average Bonchev–Trinajstić information content (AvgIpc) is 2.65. The van der Waals surface area contributed by atoms with Gasteiger partial charge in [-0.05, 0) is 43.2 Å². The molecule has 1 heterocycles. The number of anilines is 3. The molecule has 0 aliphatic carbocycles. The second kappa shape index (κ2) is 8.05. The number of methoxy groups -OCH3 is 1. The standard InChI is InChI=1S/C20H19ClN4O2/c1-12-5-4-6-13(2)18(12)25-20-22-10-14(11-23-20)19(26)24-16-9-15(21)7-8-17(16)27-3/h4-11H,1-3H3,(H,24,26)(H,22,23,25). The first-order chi connectivity index (χ1) is 13.0. The lowest BCUT2D eigenvalue weighted by molar-refractivity contribution is 0.102. The molecule has 0 unspecified atom stereocenters. The van der Waals surface area contributed by atoms with Crippen LogP contribution in [0.25, 0.3) is 0 Å². The van der Waals surface area contributed by atoms with E-state index in [2.05, 4.69) is 20.6 Å². The van der Waals surface area contributed by atoms with E-state index in [4.69, 9.17) is 16.3 Å². The third-order valence-corrected chi connectivity index (χ3v) is 4.28. The molecule has 0 saturated carbocycles. The summed E-state index contributed by atoms with van der Waals surface area (Å²) >= 11 is 5.99. The van der Waals surface area contributed by atoms with Crippen LogP contribution in [0.1, 0.15) is 21.5 Å². The van der Waals surface area contributed by atoms with Crippen molar-refractivity contribution in [2.24, 2.45) is 0 Å².